The maximum Gasteiger partial charge on any atom is 0.265 e. The molecule has 0 aromatic rings. The maximum atomic E-state index is 12.9. The van der Waals surface area contributed by atoms with Gasteiger partial charge in [-0.25, -0.2) is 0 Å². The van der Waals surface area contributed by atoms with Crippen molar-refractivity contribution in [3.8, 4) is 0 Å². The van der Waals surface area contributed by atoms with E-state index in [0.29, 0.717) is 23.9 Å². The summed E-state index contributed by atoms with van der Waals surface area (Å²) < 4.78 is 14.8. The fourth-order valence-corrected chi connectivity index (χ4v) is 7.10. The number of aliphatic hydroxyl groups excluding tert-OH is 2. The summed E-state index contributed by atoms with van der Waals surface area (Å²) in [7, 11) is 1.19. The van der Waals surface area contributed by atoms with Gasteiger partial charge in [0.05, 0.1) is 27.7 Å². The molecular formula is C44H90NO9P. The topological polar surface area (TPSA) is 164 Å². The van der Waals surface area contributed by atoms with Crippen LogP contribution in [0.15, 0.2) is 0 Å². The second kappa shape index (κ2) is 37.6. The molecule has 0 aliphatic heterocycles. The van der Waals surface area contributed by atoms with Gasteiger partial charge < -0.3 is 34.1 Å². The lowest BCUT2D eigenvalue weighted by Gasteiger charge is -2.29. The Balaban J connectivity index is 0. The van der Waals surface area contributed by atoms with Crippen molar-refractivity contribution < 1.29 is 48.3 Å². The molecule has 0 aromatic heterocycles. The number of ketones is 2. The summed E-state index contributed by atoms with van der Waals surface area (Å²) in [6.07, 6.45) is 35.1. The maximum absolute atomic E-state index is 12.9. The number of carbonyl (C=O) groups excluding carboxylic acids is 2. The van der Waals surface area contributed by atoms with Crippen molar-refractivity contribution in [3.05, 3.63) is 0 Å². The number of hydrogen-bond acceptors (Lipinski definition) is 8. The van der Waals surface area contributed by atoms with Gasteiger partial charge in [0.15, 0.2) is 11.6 Å². The van der Waals surface area contributed by atoms with Crippen molar-refractivity contribution in [2.24, 2.45) is 0 Å². The molecule has 0 spiro atoms. The number of quaternary nitrogens is 1. The van der Waals surface area contributed by atoms with Gasteiger partial charge >= 0.3 is 0 Å². The molecule has 330 valence electrons. The van der Waals surface area contributed by atoms with Gasteiger partial charge in [-0.2, -0.15) is 0 Å². The Bertz CT molecular complexity index is 875. The van der Waals surface area contributed by atoms with E-state index >= 15 is 0 Å². The number of Topliss-reactive ketones (excluding diaryl/α,β-unsaturated/α-hetero) is 2. The summed E-state index contributed by atoms with van der Waals surface area (Å²) in [6.45, 7) is 4.27. The van der Waals surface area contributed by atoms with Crippen LogP contribution in [-0.4, -0.2) is 88.9 Å². The van der Waals surface area contributed by atoms with Crippen LogP contribution in [0.3, 0.4) is 0 Å². The number of phosphoric ester groups is 1. The molecule has 0 aromatic carbocycles. The van der Waals surface area contributed by atoms with E-state index in [4.69, 9.17) is 4.89 Å². The van der Waals surface area contributed by atoms with Gasteiger partial charge in [0.1, 0.15) is 19.3 Å². The minimum absolute atomic E-state index is 0.0147. The highest BCUT2D eigenvalue weighted by molar-refractivity contribution is 7.44. The van der Waals surface area contributed by atoms with Crippen molar-refractivity contribution in [1.29, 1.82) is 0 Å². The summed E-state index contributed by atoms with van der Waals surface area (Å²) in [5, 5.41) is 30.6. The van der Waals surface area contributed by atoms with E-state index in [1.165, 1.54) is 141 Å². The predicted octanol–water partition coefficient (Wildman–Crippen LogP) is 9.90. The zero-order valence-electron chi connectivity index (χ0n) is 36.6. The number of nitrogens with zero attached hydrogens (tertiary/aromatic N) is 1. The van der Waals surface area contributed by atoms with Crippen molar-refractivity contribution in [2.75, 3.05) is 40.9 Å². The number of likely N-dealkylation sites (N-methyl/N-ethyl adjacent to an activating group) is 1. The van der Waals surface area contributed by atoms with Crippen LogP contribution in [0.25, 0.3) is 0 Å². The Kier molecular flexibility index (Phi) is 38.5. The summed E-state index contributed by atoms with van der Waals surface area (Å²) in [5.41, 5.74) is -2.47. The smallest absolute Gasteiger partial charge is 0.265 e. The third-order valence-electron chi connectivity index (χ3n) is 10.5. The zero-order chi connectivity index (χ0) is 41.7. The van der Waals surface area contributed by atoms with Crippen LogP contribution in [0.5, 0.6) is 0 Å². The Hall–Kier alpha value is -0.710. The fourth-order valence-electron chi connectivity index (χ4n) is 6.78. The minimum Gasteiger partial charge on any atom is -0.756 e. The van der Waals surface area contributed by atoms with Gasteiger partial charge in [0.25, 0.3) is 7.82 Å². The second-order valence-electron chi connectivity index (χ2n) is 17.0. The molecule has 55 heavy (non-hydrogen) atoms. The molecule has 4 N–H and O–H groups in total. The highest BCUT2D eigenvalue weighted by atomic mass is 31.2. The predicted molar refractivity (Wildman–Crippen MR) is 226 cm³/mol. The first kappa shape index (κ1) is 56.4. The summed E-state index contributed by atoms with van der Waals surface area (Å²) in [6, 6.07) is 0. The second-order valence-corrected chi connectivity index (χ2v) is 18.2. The third kappa shape index (κ3) is 37.3. The summed E-state index contributed by atoms with van der Waals surface area (Å²) in [4.78, 5) is 44.0. The molecule has 0 amide bonds. The van der Waals surface area contributed by atoms with E-state index in [9.17, 15) is 34.4 Å². The average molecular weight is 808 g/mol. The first-order valence-electron chi connectivity index (χ1n) is 22.7. The molecule has 10 nitrogen and oxygen atoms in total. The Morgan fingerprint density at radius 1 is 0.582 bits per heavy atom. The van der Waals surface area contributed by atoms with E-state index in [2.05, 4.69) is 18.4 Å². The van der Waals surface area contributed by atoms with E-state index in [-0.39, 0.29) is 19.4 Å². The number of carbonyl (C=O) groups is 2. The fraction of sp³-hybridized carbons (Fsp3) is 0.955. The van der Waals surface area contributed by atoms with Crippen molar-refractivity contribution in [3.63, 3.8) is 0 Å². The zero-order valence-corrected chi connectivity index (χ0v) is 37.4. The van der Waals surface area contributed by atoms with E-state index in [0.717, 1.165) is 38.5 Å². The van der Waals surface area contributed by atoms with Crippen LogP contribution in [0.2, 0.25) is 0 Å². The van der Waals surface area contributed by atoms with E-state index < -0.39 is 37.7 Å². The molecule has 11 heteroatoms. The number of rotatable bonds is 40. The van der Waals surface area contributed by atoms with Gasteiger partial charge in [0.2, 0.25) is 5.60 Å². The molecule has 2 atom stereocenters. The number of hydrogen-bond donors (Lipinski definition) is 4. The van der Waals surface area contributed by atoms with Gasteiger partial charge in [-0.05, 0) is 12.8 Å². The Morgan fingerprint density at radius 3 is 1.05 bits per heavy atom. The number of phosphoric acid groups is 1. The van der Waals surface area contributed by atoms with Gasteiger partial charge in [-0.1, -0.05) is 194 Å². The van der Waals surface area contributed by atoms with Crippen molar-refractivity contribution in [1.82, 2.24) is 0 Å². The van der Waals surface area contributed by atoms with Crippen LogP contribution in [0, 0.1) is 0 Å². The largest absolute Gasteiger partial charge is 0.756 e. The van der Waals surface area contributed by atoms with Crippen LogP contribution in [-0.2, 0) is 18.7 Å². The number of unbranched alkanes of at least 4 members (excludes halogenated alkanes) is 28. The summed E-state index contributed by atoms with van der Waals surface area (Å²) >= 11 is 0. The molecule has 0 aliphatic rings. The molecule has 0 rings (SSSR count). The lowest BCUT2D eigenvalue weighted by Crippen LogP contribution is -2.57. The average Bonchev–Trinajstić information content (AvgIpc) is 3.13. The van der Waals surface area contributed by atoms with Crippen LogP contribution < -0.4 is 4.89 Å². The monoisotopic (exact) mass is 808 g/mol. The minimum atomic E-state index is -4.51. The molecule has 1 unspecified atom stereocenters. The highest BCUT2D eigenvalue weighted by Gasteiger charge is 2.48. The van der Waals surface area contributed by atoms with Gasteiger partial charge in [0, 0.05) is 12.8 Å². The van der Waals surface area contributed by atoms with E-state index in [1.54, 1.807) is 0 Å². The van der Waals surface area contributed by atoms with Crippen LogP contribution >= 0.6 is 7.82 Å². The van der Waals surface area contributed by atoms with Crippen LogP contribution in [0.1, 0.15) is 219 Å². The molecule has 0 bridgehead atoms. The molecule has 0 fully saturated rings. The van der Waals surface area contributed by atoms with Crippen molar-refractivity contribution in [2.45, 2.75) is 231 Å². The van der Waals surface area contributed by atoms with Crippen LogP contribution in [0.4, 0.5) is 0 Å². The Morgan fingerprint density at radius 2 is 0.836 bits per heavy atom. The lowest BCUT2D eigenvalue weighted by molar-refractivity contribution is -0.870. The molecule has 0 radical (unpaired) electrons. The SMILES string of the molecule is CCCCCCCCCCCCCCCCCC(=O)C(O)(C(=O)CCCCCCCCCCCCCCCCC)[C@@H](O)CO.C[N+](C)(C)CCOP(=O)([O-])O. The van der Waals surface area contributed by atoms with Gasteiger partial charge in [-0.15, -0.1) is 0 Å². The molecule has 0 saturated carbocycles. The number of aliphatic hydroxyl groups is 3. The molecule has 0 heterocycles. The normalized spacial score (nSPS) is 13.6. The standard InChI is InChI=1S/C39H76O5.C5H14NO4P/c1-3-5-7-9-11-13-15-17-19-21-23-25-27-29-31-33-36(41)39(44,38(43)35-40)37(42)34-32-30-28-26-24-22-20-18-16-14-12-10-8-6-4-2;1-6(2,3)4-5-10-11(7,8)9/h38,40,43-44H,3-35H2,1-2H3;4-5H2,1-3H3,(H-,7,8,9)/t38-;/m0./s1. The lowest BCUT2D eigenvalue weighted by atomic mass is 9.82. The Labute approximate surface area is 338 Å². The van der Waals surface area contributed by atoms with Crippen molar-refractivity contribution >= 4 is 19.4 Å². The third-order valence-corrected chi connectivity index (χ3v) is 11.0. The first-order chi connectivity index (χ1) is 26.2. The summed E-state index contributed by atoms with van der Waals surface area (Å²) in [5.74, 6) is -1.28. The van der Waals surface area contributed by atoms with E-state index in [1.807, 2.05) is 21.1 Å². The quantitative estimate of drug-likeness (QED) is 0.0204. The molecule has 0 aliphatic carbocycles. The first-order valence-corrected chi connectivity index (χ1v) is 24.2. The molecular weight excluding hydrogens is 717 g/mol. The molecule has 0 saturated heterocycles. The van der Waals surface area contributed by atoms with Gasteiger partial charge in [-0.3, -0.25) is 14.2 Å². The highest BCUT2D eigenvalue weighted by Crippen LogP contribution is 2.29.